The highest BCUT2D eigenvalue weighted by Gasteiger charge is 2.10. The van der Waals surface area contributed by atoms with Crippen molar-refractivity contribution in [1.82, 2.24) is 0 Å². The maximum atomic E-state index is 9.73. The molecule has 0 bridgehead atoms. The second kappa shape index (κ2) is 19.9. The number of aliphatic hydroxyl groups excluding tert-OH is 4. The first kappa shape index (κ1) is 32.1. The van der Waals surface area contributed by atoms with E-state index in [4.69, 9.17) is 19.7 Å². The first-order chi connectivity index (χ1) is 18.6. The van der Waals surface area contributed by atoms with Crippen molar-refractivity contribution in [2.75, 3.05) is 26.4 Å². The summed E-state index contributed by atoms with van der Waals surface area (Å²) in [5.74, 6) is 1.39. The van der Waals surface area contributed by atoms with Gasteiger partial charge in [-0.05, 0) is 53.8 Å². The third kappa shape index (κ3) is 13.1. The molecule has 0 aliphatic carbocycles. The number of ether oxygens (including phenoxy) is 2. The smallest absolute Gasteiger partial charge is 0.122 e. The summed E-state index contributed by atoms with van der Waals surface area (Å²) in [6, 6.07) is 13.7. The van der Waals surface area contributed by atoms with Gasteiger partial charge < -0.3 is 29.9 Å². The van der Waals surface area contributed by atoms with E-state index in [1.807, 2.05) is 36.4 Å². The molecule has 38 heavy (non-hydrogen) atoms. The highest BCUT2D eigenvalue weighted by atomic mass is 16.5. The number of aryl methyl sites for hydroxylation is 1. The monoisotopic (exact) mass is 530 g/mol. The Hall–Kier alpha value is -2.12. The molecule has 4 N–H and O–H groups in total. The Balaban J connectivity index is 1.86. The highest BCUT2D eigenvalue weighted by molar-refractivity contribution is 5.66. The number of aliphatic hydroxyl groups is 4. The molecular formula is C32H50O6. The molecule has 0 aliphatic rings. The lowest BCUT2D eigenvalue weighted by molar-refractivity contribution is 0.0533. The van der Waals surface area contributed by atoms with Gasteiger partial charge in [0.2, 0.25) is 0 Å². The van der Waals surface area contributed by atoms with Gasteiger partial charge in [0.1, 0.15) is 36.9 Å². The molecule has 214 valence electrons. The fraction of sp³-hybridized carbons (Fsp3) is 0.625. The summed E-state index contributed by atoms with van der Waals surface area (Å²) in [7, 11) is 0. The van der Waals surface area contributed by atoms with Crippen molar-refractivity contribution in [3.05, 3.63) is 48.0 Å². The molecule has 0 aromatic heterocycles. The maximum absolute atomic E-state index is 9.73. The summed E-state index contributed by atoms with van der Waals surface area (Å²) in [4.78, 5) is 0. The molecule has 0 saturated heterocycles. The minimum Gasteiger partial charge on any atom is -0.491 e. The lowest BCUT2D eigenvalue weighted by atomic mass is 9.98. The second-order valence-corrected chi connectivity index (χ2v) is 10.3. The maximum Gasteiger partial charge on any atom is 0.122 e. The number of rotatable bonds is 22. The zero-order valence-corrected chi connectivity index (χ0v) is 23.3. The van der Waals surface area contributed by atoms with Crippen LogP contribution in [0, 0.1) is 0 Å². The SMILES string of the molecule is CCCCCCCCCCCCCCc1cc(-c2ccc(OCC(O)CO)cc2)ccc1OCC(O)CO. The summed E-state index contributed by atoms with van der Waals surface area (Å²) >= 11 is 0. The van der Waals surface area contributed by atoms with Crippen molar-refractivity contribution in [1.29, 1.82) is 0 Å². The van der Waals surface area contributed by atoms with E-state index >= 15 is 0 Å². The van der Waals surface area contributed by atoms with E-state index < -0.39 is 12.2 Å². The summed E-state index contributed by atoms with van der Waals surface area (Å²) in [5, 5.41) is 37.3. The van der Waals surface area contributed by atoms with Crippen LogP contribution in [0.3, 0.4) is 0 Å². The van der Waals surface area contributed by atoms with Gasteiger partial charge in [-0.1, -0.05) is 95.8 Å². The molecule has 0 radical (unpaired) electrons. The lowest BCUT2D eigenvalue weighted by Crippen LogP contribution is -2.21. The van der Waals surface area contributed by atoms with Gasteiger partial charge in [0, 0.05) is 0 Å². The van der Waals surface area contributed by atoms with Crippen molar-refractivity contribution in [2.45, 2.75) is 103 Å². The van der Waals surface area contributed by atoms with Gasteiger partial charge >= 0.3 is 0 Å². The molecule has 0 saturated carbocycles. The minimum atomic E-state index is -0.897. The molecule has 6 heteroatoms. The Kier molecular flexibility index (Phi) is 16.8. The number of hydrogen-bond acceptors (Lipinski definition) is 6. The Labute approximate surface area is 229 Å². The van der Waals surface area contributed by atoms with Crippen LogP contribution in [0.15, 0.2) is 42.5 Å². The van der Waals surface area contributed by atoms with E-state index in [2.05, 4.69) is 13.0 Å². The molecule has 0 fully saturated rings. The molecule has 0 spiro atoms. The topological polar surface area (TPSA) is 99.4 Å². The molecule has 0 amide bonds. The van der Waals surface area contributed by atoms with E-state index in [-0.39, 0.29) is 26.4 Å². The second-order valence-electron chi connectivity index (χ2n) is 10.3. The molecular weight excluding hydrogens is 480 g/mol. The van der Waals surface area contributed by atoms with Gasteiger partial charge in [0.25, 0.3) is 0 Å². The number of benzene rings is 2. The number of unbranched alkanes of at least 4 members (excludes halogenated alkanes) is 11. The zero-order chi connectivity index (χ0) is 27.4. The van der Waals surface area contributed by atoms with Crippen LogP contribution in [0.2, 0.25) is 0 Å². The normalized spacial score (nSPS) is 12.9. The zero-order valence-electron chi connectivity index (χ0n) is 23.3. The summed E-state index contributed by atoms with van der Waals surface area (Å²) in [6.45, 7) is 1.72. The van der Waals surface area contributed by atoms with E-state index in [1.54, 1.807) is 0 Å². The van der Waals surface area contributed by atoms with Crippen molar-refractivity contribution in [2.24, 2.45) is 0 Å². The molecule has 2 aromatic carbocycles. The lowest BCUT2D eigenvalue weighted by Gasteiger charge is -2.16. The molecule has 2 atom stereocenters. The average Bonchev–Trinajstić information content (AvgIpc) is 2.95. The fourth-order valence-corrected chi connectivity index (χ4v) is 4.48. The highest BCUT2D eigenvalue weighted by Crippen LogP contribution is 2.30. The third-order valence-corrected chi connectivity index (χ3v) is 6.84. The van der Waals surface area contributed by atoms with Crippen LogP contribution >= 0.6 is 0 Å². The summed E-state index contributed by atoms with van der Waals surface area (Å²) in [6.07, 6.45) is 14.8. The third-order valence-electron chi connectivity index (χ3n) is 6.84. The van der Waals surface area contributed by atoms with Crippen LogP contribution in [0.25, 0.3) is 11.1 Å². The molecule has 2 rings (SSSR count). The van der Waals surface area contributed by atoms with E-state index in [9.17, 15) is 10.2 Å². The molecule has 6 nitrogen and oxygen atoms in total. The van der Waals surface area contributed by atoms with Crippen molar-refractivity contribution in [3.8, 4) is 22.6 Å². The molecule has 0 heterocycles. The fourth-order valence-electron chi connectivity index (χ4n) is 4.48. The predicted molar refractivity (Wildman–Crippen MR) is 154 cm³/mol. The number of hydrogen-bond donors (Lipinski definition) is 4. The quantitative estimate of drug-likeness (QED) is 0.138. The van der Waals surface area contributed by atoms with Crippen LogP contribution in [-0.2, 0) is 6.42 Å². The van der Waals surface area contributed by atoms with E-state index in [1.165, 1.54) is 70.6 Å². The predicted octanol–water partition coefficient (Wildman–Crippen LogP) is 6.06. The van der Waals surface area contributed by atoms with Gasteiger partial charge in [-0.3, -0.25) is 0 Å². The molecule has 2 aromatic rings. The van der Waals surface area contributed by atoms with Crippen molar-refractivity contribution < 1.29 is 29.9 Å². The Morgan fingerprint density at radius 3 is 1.66 bits per heavy atom. The van der Waals surface area contributed by atoms with Crippen LogP contribution in [-0.4, -0.2) is 59.1 Å². The first-order valence-corrected chi connectivity index (χ1v) is 14.6. The first-order valence-electron chi connectivity index (χ1n) is 14.6. The largest absolute Gasteiger partial charge is 0.491 e. The van der Waals surface area contributed by atoms with Crippen molar-refractivity contribution >= 4 is 0 Å². The van der Waals surface area contributed by atoms with Gasteiger partial charge in [-0.15, -0.1) is 0 Å². The van der Waals surface area contributed by atoms with Gasteiger partial charge in [-0.25, -0.2) is 0 Å². The van der Waals surface area contributed by atoms with Gasteiger partial charge in [-0.2, -0.15) is 0 Å². The Morgan fingerprint density at radius 1 is 0.605 bits per heavy atom. The van der Waals surface area contributed by atoms with Gasteiger partial charge in [0.15, 0.2) is 0 Å². The molecule has 0 aliphatic heterocycles. The minimum absolute atomic E-state index is 0.0464. The van der Waals surface area contributed by atoms with Crippen LogP contribution < -0.4 is 9.47 Å². The van der Waals surface area contributed by atoms with Gasteiger partial charge in [0.05, 0.1) is 13.2 Å². The van der Waals surface area contributed by atoms with Crippen LogP contribution in [0.5, 0.6) is 11.5 Å². The van der Waals surface area contributed by atoms with E-state index in [0.717, 1.165) is 35.3 Å². The summed E-state index contributed by atoms with van der Waals surface area (Å²) in [5.41, 5.74) is 3.21. The Bertz CT molecular complexity index is 854. The Morgan fingerprint density at radius 2 is 1.11 bits per heavy atom. The van der Waals surface area contributed by atoms with Crippen LogP contribution in [0.4, 0.5) is 0 Å². The average molecular weight is 531 g/mol. The molecule has 2 unspecified atom stereocenters. The van der Waals surface area contributed by atoms with Crippen molar-refractivity contribution in [3.63, 3.8) is 0 Å². The van der Waals surface area contributed by atoms with Crippen LogP contribution in [0.1, 0.15) is 89.5 Å². The van der Waals surface area contributed by atoms with E-state index in [0.29, 0.717) is 5.75 Å². The summed E-state index contributed by atoms with van der Waals surface area (Å²) < 4.78 is 11.4. The standard InChI is InChI=1S/C32H50O6/c1-2-3-4-5-6-7-8-9-10-11-12-13-14-28-21-27(17-20-32(28)38-25-30(36)23-34)26-15-18-31(19-16-26)37-24-29(35)22-33/h15-21,29-30,33-36H,2-14,22-25H2,1H3.